The summed E-state index contributed by atoms with van der Waals surface area (Å²) in [4.78, 5) is 33.8. The van der Waals surface area contributed by atoms with Crippen molar-refractivity contribution in [1.82, 2.24) is 5.32 Å². The van der Waals surface area contributed by atoms with E-state index in [0.29, 0.717) is 25.0 Å². The molecule has 0 spiro atoms. The summed E-state index contributed by atoms with van der Waals surface area (Å²) in [5, 5.41) is 2.46. The minimum atomic E-state index is -0.576. The first-order valence-corrected chi connectivity index (χ1v) is 7.78. The molecule has 146 valence electrons. The third-order valence-electron chi connectivity index (χ3n) is 2.98. The number of ether oxygens (including phenoxy) is 3. The fraction of sp³-hybridized carbons (Fsp3) is 0.688. The number of esters is 2. The molecule has 0 rings (SSSR count). The van der Waals surface area contributed by atoms with Gasteiger partial charge in [0.2, 0.25) is 0 Å². The number of amides is 1. The Morgan fingerprint density at radius 1 is 1.09 bits per heavy atom. The maximum atomic E-state index is 11.4. The van der Waals surface area contributed by atoms with E-state index in [1.165, 1.54) is 0 Å². The topological polar surface area (TPSA) is 90.9 Å². The second kappa shape index (κ2) is 12.5. The molecular weight excluding hydrogens is 302 g/mol. The summed E-state index contributed by atoms with van der Waals surface area (Å²) >= 11 is 0. The van der Waals surface area contributed by atoms with Crippen molar-refractivity contribution in [3.63, 3.8) is 0 Å². The molecule has 23 heavy (non-hydrogen) atoms. The molecule has 0 fully saturated rings. The van der Waals surface area contributed by atoms with Crippen molar-refractivity contribution in [2.75, 3.05) is 26.4 Å². The zero-order chi connectivity index (χ0) is 17.7. The van der Waals surface area contributed by atoms with Gasteiger partial charge in [0.25, 0.3) is 0 Å². The van der Waals surface area contributed by atoms with Crippen LogP contribution < -0.4 is 5.32 Å². The van der Waals surface area contributed by atoms with Crippen LogP contribution in [0.4, 0.5) is 4.79 Å². The molecule has 0 aliphatic rings. The minimum absolute atomic E-state index is 0. The quantitative estimate of drug-likeness (QED) is 0.264. The number of hydrogen-bond acceptors (Lipinski definition) is 6. The first-order chi connectivity index (χ1) is 10.9. The van der Waals surface area contributed by atoms with Crippen molar-refractivity contribution in [3.8, 4) is 0 Å². The van der Waals surface area contributed by atoms with E-state index in [0.717, 1.165) is 6.42 Å². The lowest BCUT2D eigenvalue weighted by atomic mass is 10.1. The first-order valence-electron chi connectivity index (χ1n) is 7.78. The van der Waals surface area contributed by atoms with E-state index < -0.39 is 12.1 Å². The van der Waals surface area contributed by atoms with Crippen LogP contribution in [0.25, 0.3) is 0 Å². The molecule has 0 aliphatic carbocycles. The van der Waals surface area contributed by atoms with Gasteiger partial charge in [-0.25, -0.2) is 9.59 Å². The number of alkyl carbamates (subject to hydrolysis) is 1. The molecule has 0 aromatic carbocycles. The molecule has 1 atom stereocenters. The molecule has 1 amide bonds. The van der Waals surface area contributed by atoms with Crippen LogP contribution in [0.3, 0.4) is 0 Å². The van der Waals surface area contributed by atoms with E-state index in [-0.39, 0.29) is 41.6 Å². The third kappa shape index (κ3) is 11.2. The highest BCUT2D eigenvalue weighted by atomic mass is 16.6. The zero-order valence-corrected chi connectivity index (χ0v) is 14.2. The van der Waals surface area contributed by atoms with Crippen LogP contribution in [0, 0.1) is 5.92 Å². The van der Waals surface area contributed by atoms with Crippen LogP contribution in [0.1, 0.15) is 50.0 Å². The molecule has 0 heterocycles. The maximum Gasteiger partial charge on any atom is 0.407 e. The molecule has 0 bridgehead atoms. The van der Waals surface area contributed by atoms with E-state index in [1.807, 2.05) is 13.8 Å². The molecule has 1 unspecified atom stereocenters. The Labute approximate surface area is 147 Å². The van der Waals surface area contributed by atoms with Crippen LogP contribution in [0.2, 0.25) is 0 Å². The van der Waals surface area contributed by atoms with Crippen molar-refractivity contribution in [3.05, 3.63) is 12.2 Å². The number of carbonyl (C=O) groups excluding carboxylic acids is 3. The van der Waals surface area contributed by atoms with Crippen LogP contribution in [0.15, 0.2) is 12.2 Å². The van der Waals surface area contributed by atoms with Gasteiger partial charge in [0, 0.05) is 15.6 Å². The number of unbranched alkanes of at least 4 members (excludes halogenated alkanes) is 1. The minimum Gasteiger partial charge on any atom is -0.465 e. The zero-order valence-electron chi connectivity index (χ0n) is 14.2. The van der Waals surface area contributed by atoms with E-state index in [1.54, 1.807) is 6.92 Å². The fourth-order valence-electron chi connectivity index (χ4n) is 1.32. The van der Waals surface area contributed by atoms with Gasteiger partial charge < -0.3 is 19.5 Å². The summed E-state index contributed by atoms with van der Waals surface area (Å²) in [7, 11) is 0. The Kier molecular flexibility index (Phi) is 11.4. The van der Waals surface area contributed by atoms with E-state index in [4.69, 9.17) is 14.2 Å². The highest BCUT2D eigenvalue weighted by Crippen LogP contribution is 2.04. The molecule has 0 aliphatic heterocycles. The van der Waals surface area contributed by atoms with Gasteiger partial charge in [0.1, 0.15) is 6.61 Å². The highest BCUT2D eigenvalue weighted by molar-refractivity contribution is 5.86. The van der Waals surface area contributed by atoms with Gasteiger partial charge in [-0.2, -0.15) is 0 Å². The largest absolute Gasteiger partial charge is 0.465 e. The second-order valence-corrected chi connectivity index (χ2v) is 5.16. The maximum absolute atomic E-state index is 11.4. The van der Waals surface area contributed by atoms with Crippen molar-refractivity contribution < 1.29 is 38.6 Å². The molecule has 0 aromatic rings. The monoisotopic (exact) mass is 343 g/mol. The lowest BCUT2D eigenvalue weighted by Crippen LogP contribution is -2.29. The van der Waals surface area contributed by atoms with Gasteiger partial charge >= 0.3 is 18.0 Å². The molecule has 1 N–H and O–H groups in total. The van der Waals surface area contributed by atoms with Gasteiger partial charge in [0.15, 0.2) is 0 Å². The Balaban J connectivity index is -0.000000115. The van der Waals surface area contributed by atoms with Gasteiger partial charge in [0.05, 0.1) is 25.7 Å². The van der Waals surface area contributed by atoms with Gasteiger partial charge in [-0.15, -0.1) is 0 Å². The Bertz CT molecular complexity index is 431. The molecule has 7 nitrogen and oxygen atoms in total. The lowest BCUT2D eigenvalue weighted by Gasteiger charge is -2.09. The van der Waals surface area contributed by atoms with Crippen molar-refractivity contribution in [2.24, 2.45) is 5.92 Å². The van der Waals surface area contributed by atoms with Crippen molar-refractivity contribution >= 4 is 18.0 Å². The number of carbonyl (C=O) groups is 3. The summed E-state index contributed by atoms with van der Waals surface area (Å²) < 4.78 is 14.8. The van der Waals surface area contributed by atoms with Crippen LogP contribution in [0.5, 0.6) is 0 Å². The second-order valence-electron chi connectivity index (χ2n) is 5.16. The molecular formula is C16H41NO6. The molecule has 0 radical (unpaired) electrons. The average molecular weight is 344 g/mol. The van der Waals surface area contributed by atoms with Crippen molar-refractivity contribution in [2.45, 2.75) is 40.0 Å². The lowest BCUT2D eigenvalue weighted by molar-refractivity contribution is -0.148. The summed E-state index contributed by atoms with van der Waals surface area (Å²) in [6.45, 7) is 9.53. The fourth-order valence-corrected chi connectivity index (χ4v) is 1.32. The smallest absolute Gasteiger partial charge is 0.407 e. The summed E-state index contributed by atoms with van der Waals surface area (Å²) in [5.74, 6) is -0.779. The Hall–Kier alpha value is -2.05. The molecule has 0 saturated heterocycles. The highest BCUT2D eigenvalue weighted by Gasteiger charge is 2.11. The first kappa shape index (κ1) is 20.9. The SMILES string of the molecule is C=C(C)C(=O)OCCNC(=O)OCCCCOC(=O)C(C)CC.[HH].[HH].[HH].[HH].[HH].[HH].[HH]. The van der Waals surface area contributed by atoms with E-state index in [2.05, 4.69) is 11.9 Å². The number of nitrogens with one attached hydrogen (secondary N) is 1. The molecule has 0 saturated carbocycles. The summed E-state index contributed by atoms with van der Waals surface area (Å²) in [6, 6.07) is 0. The van der Waals surface area contributed by atoms with Gasteiger partial charge in [-0.1, -0.05) is 20.4 Å². The number of hydrogen-bond donors (Lipinski definition) is 1. The normalized spacial score (nSPS) is 11.3. The standard InChI is InChI=1S/C16H27NO6.7H2/c1-5-13(4)15(19)21-9-6-7-10-23-16(20)17-8-11-22-14(18)12(2)3;;;;;;;/h13H,2,5-11H2,1,3-4H3,(H,17,20);7*1H. The molecule has 7 heteroatoms. The molecule has 0 aromatic heterocycles. The number of rotatable bonds is 11. The summed E-state index contributed by atoms with van der Waals surface area (Å²) in [6.07, 6.45) is 1.41. The third-order valence-corrected chi connectivity index (χ3v) is 2.98. The Morgan fingerprint density at radius 3 is 2.26 bits per heavy atom. The Morgan fingerprint density at radius 2 is 1.70 bits per heavy atom. The predicted octanol–water partition coefficient (Wildman–Crippen LogP) is 3.92. The van der Waals surface area contributed by atoms with E-state index >= 15 is 0 Å². The van der Waals surface area contributed by atoms with Gasteiger partial charge in [-0.05, 0) is 26.2 Å². The van der Waals surface area contributed by atoms with E-state index in [9.17, 15) is 14.4 Å². The van der Waals surface area contributed by atoms with Gasteiger partial charge in [-0.3, -0.25) is 4.79 Å². The summed E-state index contributed by atoms with van der Waals surface area (Å²) in [5.41, 5.74) is 0.307. The van der Waals surface area contributed by atoms with Crippen LogP contribution in [-0.2, 0) is 23.8 Å². The van der Waals surface area contributed by atoms with Crippen molar-refractivity contribution in [1.29, 1.82) is 0 Å². The average Bonchev–Trinajstić information content (AvgIpc) is 2.53. The van der Waals surface area contributed by atoms with Crippen LogP contribution >= 0.6 is 0 Å². The predicted molar refractivity (Wildman–Crippen MR) is 99.6 cm³/mol. The van der Waals surface area contributed by atoms with Crippen LogP contribution in [-0.4, -0.2) is 44.4 Å².